The molecule has 2 N–H and O–H groups in total. The number of hydrogen-bond donors (Lipinski definition) is 2. The number of benzene rings is 1. The van der Waals surface area contributed by atoms with Crippen molar-refractivity contribution in [2.45, 2.75) is 32.5 Å². The molecular formula is C16H25N3O3S. The Balaban J connectivity index is 1.95. The van der Waals surface area contributed by atoms with Gasteiger partial charge in [-0.1, -0.05) is 24.3 Å². The summed E-state index contributed by atoms with van der Waals surface area (Å²) in [6.45, 7) is 3.87. The normalized spacial score (nSPS) is 20.4. The van der Waals surface area contributed by atoms with Gasteiger partial charge in [-0.15, -0.1) is 0 Å². The average molecular weight is 339 g/mol. The van der Waals surface area contributed by atoms with Crippen LogP contribution in [0, 0.1) is 0 Å². The molecule has 1 aromatic rings. The van der Waals surface area contributed by atoms with Gasteiger partial charge in [-0.3, -0.25) is 0 Å². The number of nitrogens with one attached hydrogen (secondary N) is 2. The molecule has 0 spiro atoms. The molecule has 0 bridgehead atoms. The molecule has 1 fully saturated rings. The van der Waals surface area contributed by atoms with Crippen molar-refractivity contribution in [3.8, 4) is 0 Å². The minimum atomic E-state index is -2.89. The summed E-state index contributed by atoms with van der Waals surface area (Å²) in [5.41, 5.74) is 2.22. The molecular weight excluding hydrogens is 314 g/mol. The van der Waals surface area contributed by atoms with Crippen molar-refractivity contribution in [2.24, 2.45) is 4.99 Å². The fourth-order valence-corrected chi connectivity index (χ4v) is 4.17. The van der Waals surface area contributed by atoms with Crippen molar-refractivity contribution in [3.05, 3.63) is 35.4 Å². The Bertz CT molecular complexity index is 626. The van der Waals surface area contributed by atoms with Gasteiger partial charge in [0.25, 0.3) is 0 Å². The first kappa shape index (κ1) is 17.7. The molecule has 7 heteroatoms. The second-order valence-electron chi connectivity index (χ2n) is 5.69. The van der Waals surface area contributed by atoms with Gasteiger partial charge in [0, 0.05) is 19.7 Å². The third-order valence-electron chi connectivity index (χ3n) is 3.67. The van der Waals surface area contributed by atoms with E-state index in [2.05, 4.69) is 15.6 Å². The lowest BCUT2D eigenvalue weighted by atomic mass is 10.1. The van der Waals surface area contributed by atoms with E-state index in [1.54, 1.807) is 7.11 Å². The van der Waals surface area contributed by atoms with E-state index in [1.165, 1.54) is 0 Å². The lowest BCUT2D eigenvalue weighted by molar-refractivity contribution is 0.185. The van der Waals surface area contributed by atoms with Crippen LogP contribution in [0.5, 0.6) is 0 Å². The molecule has 6 nitrogen and oxygen atoms in total. The Labute approximate surface area is 138 Å². The molecule has 0 radical (unpaired) electrons. The number of nitrogens with zero attached hydrogens (tertiary/aromatic N) is 1. The highest BCUT2D eigenvalue weighted by Crippen LogP contribution is 2.11. The van der Waals surface area contributed by atoms with Gasteiger partial charge < -0.3 is 15.4 Å². The van der Waals surface area contributed by atoms with Crippen molar-refractivity contribution in [1.82, 2.24) is 10.6 Å². The van der Waals surface area contributed by atoms with Crippen LogP contribution in [0.4, 0.5) is 0 Å². The SMILES string of the molecule is CCNC(=NCc1ccc(COC)cc1)NC1CCS(=O)(=O)C1. The minimum absolute atomic E-state index is 0.0538. The van der Waals surface area contributed by atoms with Crippen LogP contribution in [0.1, 0.15) is 24.5 Å². The van der Waals surface area contributed by atoms with Crippen molar-refractivity contribution >= 4 is 15.8 Å². The molecule has 1 heterocycles. The molecule has 1 unspecified atom stereocenters. The maximum Gasteiger partial charge on any atom is 0.191 e. The average Bonchev–Trinajstić information content (AvgIpc) is 2.86. The zero-order valence-corrected chi connectivity index (χ0v) is 14.5. The van der Waals surface area contributed by atoms with Crippen LogP contribution in [-0.4, -0.2) is 45.6 Å². The topological polar surface area (TPSA) is 79.8 Å². The Morgan fingerprint density at radius 3 is 2.57 bits per heavy atom. The molecule has 2 rings (SSSR count). The van der Waals surface area contributed by atoms with Crippen LogP contribution in [0.25, 0.3) is 0 Å². The molecule has 0 amide bonds. The highest BCUT2D eigenvalue weighted by Gasteiger charge is 2.28. The largest absolute Gasteiger partial charge is 0.380 e. The van der Waals surface area contributed by atoms with E-state index < -0.39 is 9.84 Å². The quantitative estimate of drug-likeness (QED) is 0.599. The highest BCUT2D eigenvalue weighted by atomic mass is 32.2. The zero-order valence-electron chi connectivity index (χ0n) is 13.7. The maximum absolute atomic E-state index is 11.5. The van der Waals surface area contributed by atoms with Gasteiger partial charge in [0.05, 0.1) is 24.7 Å². The number of hydrogen-bond acceptors (Lipinski definition) is 4. The van der Waals surface area contributed by atoms with E-state index in [0.29, 0.717) is 25.5 Å². The van der Waals surface area contributed by atoms with Gasteiger partial charge in [0.15, 0.2) is 15.8 Å². The van der Waals surface area contributed by atoms with Crippen molar-refractivity contribution in [2.75, 3.05) is 25.2 Å². The standard InChI is InChI=1S/C16H25N3O3S/c1-3-17-16(19-15-8-9-23(20,21)12-15)18-10-13-4-6-14(7-5-13)11-22-2/h4-7,15H,3,8-12H2,1-2H3,(H2,17,18,19). The summed E-state index contributed by atoms with van der Waals surface area (Å²) in [5, 5.41) is 6.38. The second kappa shape index (κ2) is 8.31. The Morgan fingerprint density at radius 2 is 2.00 bits per heavy atom. The van der Waals surface area contributed by atoms with Gasteiger partial charge in [0.2, 0.25) is 0 Å². The van der Waals surface area contributed by atoms with Gasteiger partial charge in [-0.25, -0.2) is 13.4 Å². The highest BCUT2D eigenvalue weighted by molar-refractivity contribution is 7.91. The van der Waals surface area contributed by atoms with Gasteiger partial charge in [0.1, 0.15) is 0 Å². The molecule has 23 heavy (non-hydrogen) atoms. The van der Waals surface area contributed by atoms with E-state index >= 15 is 0 Å². The smallest absolute Gasteiger partial charge is 0.191 e. The van der Waals surface area contributed by atoms with Gasteiger partial charge >= 0.3 is 0 Å². The second-order valence-corrected chi connectivity index (χ2v) is 7.92. The summed E-state index contributed by atoms with van der Waals surface area (Å²) in [7, 11) is -1.21. The third kappa shape index (κ3) is 5.84. The lowest BCUT2D eigenvalue weighted by Crippen LogP contribution is -2.44. The molecule has 128 valence electrons. The van der Waals surface area contributed by atoms with E-state index in [1.807, 2.05) is 31.2 Å². The Morgan fingerprint density at radius 1 is 1.30 bits per heavy atom. The van der Waals surface area contributed by atoms with Crippen molar-refractivity contribution < 1.29 is 13.2 Å². The summed E-state index contributed by atoms with van der Waals surface area (Å²) >= 11 is 0. The van der Waals surface area contributed by atoms with E-state index in [0.717, 1.165) is 17.7 Å². The first-order valence-electron chi connectivity index (χ1n) is 7.84. The van der Waals surface area contributed by atoms with Crippen molar-refractivity contribution in [1.29, 1.82) is 0 Å². The molecule has 1 atom stereocenters. The van der Waals surface area contributed by atoms with Crippen LogP contribution >= 0.6 is 0 Å². The molecule has 0 aliphatic carbocycles. The first-order valence-corrected chi connectivity index (χ1v) is 9.66. The Hall–Kier alpha value is -1.60. The van der Waals surface area contributed by atoms with Crippen LogP contribution in [0.3, 0.4) is 0 Å². The monoisotopic (exact) mass is 339 g/mol. The molecule has 1 saturated heterocycles. The van der Waals surface area contributed by atoms with E-state index in [-0.39, 0.29) is 17.5 Å². The van der Waals surface area contributed by atoms with E-state index in [4.69, 9.17) is 4.74 Å². The minimum Gasteiger partial charge on any atom is -0.380 e. The van der Waals surface area contributed by atoms with Crippen LogP contribution in [0.2, 0.25) is 0 Å². The summed E-state index contributed by atoms with van der Waals surface area (Å²) < 4.78 is 28.2. The fourth-order valence-electron chi connectivity index (χ4n) is 2.50. The number of rotatable bonds is 6. The molecule has 1 aromatic carbocycles. The number of sulfone groups is 1. The first-order chi connectivity index (χ1) is 11.0. The summed E-state index contributed by atoms with van der Waals surface area (Å²) in [4.78, 5) is 4.54. The van der Waals surface area contributed by atoms with Gasteiger partial charge in [-0.05, 0) is 24.5 Å². The predicted octanol–water partition coefficient (Wildman–Crippen LogP) is 1.08. The number of methoxy groups -OCH3 is 1. The number of aliphatic imine (C=N–C) groups is 1. The zero-order chi connectivity index (χ0) is 16.7. The number of guanidine groups is 1. The van der Waals surface area contributed by atoms with Crippen molar-refractivity contribution in [3.63, 3.8) is 0 Å². The Kier molecular flexibility index (Phi) is 6.41. The third-order valence-corrected chi connectivity index (χ3v) is 5.44. The number of ether oxygens (including phenoxy) is 1. The molecule has 1 aliphatic heterocycles. The maximum atomic E-state index is 11.5. The summed E-state index contributed by atoms with van der Waals surface area (Å²) in [6, 6.07) is 8.06. The van der Waals surface area contributed by atoms with Crippen LogP contribution < -0.4 is 10.6 Å². The molecule has 0 saturated carbocycles. The molecule has 0 aromatic heterocycles. The van der Waals surface area contributed by atoms with E-state index in [9.17, 15) is 8.42 Å². The molecule has 1 aliphatic rings. The van der Waals surface area contributed by atoms with Crippen LogP contribution in [-0.2, 0) is 27.7 Å². The summed E-state index contributed by atoms with van der Waals surface area (Å²) in [5.74, 6) is 1.10. The lowest BCUT2D eigenvalue weighted by Gasteiger charge is -2.15. The van der Waals surface area contributed by atoms with Crippen LogP contribution in [0.15, 0.2) is 29.3 Å². The summed E-state index contributed by atoms with van der Waals surface area (Å²) in [6.07, 6.45) is 0.637. The van der Waals surface area contributed by atoms with Gasteiger partial charge in [-0.2, -0.15) is 0 Å². The predicted molar refractivity (Wildman–Crippen MR) is 92.2 cm³/mol. The fraction of sp³-hybridized carbons (Fsp3) is 0.562.